The number of nitriles is 2. The standard InChI is InChI=1S/C8H7ClN2O.C8H8N2O.Cl2O2S/c1-4-6(3-10)8(12)11-5(2)7(4)9;1-5-3-6(2)10-8(11)7(5)4-9;1-5(2,3)4/h1-2H3,(H,11,12);3H,1-2H3,(H,10,11);. The van der Waals surface area contributed by atoms with Gasteiger partial charge in [0.05, 0.1) is 5.02 Å². The average molecular weight is 466 g/mol. The molecule has 0 saturated carbocycles. The van der Waals surface area contributed by atoms with E-state index in [0.717, 1.165) is 11.3 Å². The van der Waals surface area contributed by atoms with Crippen molar-refractivity contribution < 1.29 is 8.42 Å². The predicted molar refractivity (Wildman–Crippen MR) is 108 cm³/mol. The lowest BCUT2D eigenvalue weighted by Gasteiger charge is -2.02. The smallest absolute Gasteiger partial charge is 0.317 e. The molecule has 2 heterocycles. The number of H-pyrrole nitrogens is 2. The maximum atomic E-state index is 11.1. The van der Waals surface area contributed by atoms with Gasteiger partial charge in [0.15, 0.2) is 0 Å². The van der Waals surface area contributed by atoms with Crippen LogP contribution in [0.1, 0.15) is 33.6 Å². The van der Waals surface area contributed by atoms with Gasteiger partial charge in [-0.1, -0.05) is 11.6 Å². The van der Waals surface area contributed by atoms with Crippen molar-refractivity contribution in [2.75, 3.05) is 0 Å². The number of rotatable bonds is 0. The lowest BCUT2D eigenvalue weighted by molar-refractivity contribution is 0.621. The minimum absolute atomic E-state index is 0.0885. The molecule has 0 atom stereocenters. The molecule has 0 aromatic carbocycles. The van der Waals surface area contributed by atoms with Crippen molar-refractivity contribution in [3.05, 3.63) is 65.4 Å². The molecule has 2 aromatic rings. The first-order valence-electron chi connectivity index (χ1n) is 7.26. The van der Waals surface area contributed by atoms with E-state index in [1.54, 1.807) is 39.8 Å². The Hall–Kier alpha value is -2.30. The van der Waals surface area contributed by atoms with Gasteiger partial charge in [-0.25, -0.2) is 0 Å². The fourth-order valence-corrected chi connectivity index (χ4v) is 2.12. The summed E-state index contributed by atoms with van der Waals surface area (Å²) in [7, 11) is 4.81. The van der Waals surface area contributed by atoms with Crippen molar-refractivity contribution >= 4 is 41.2 Å². The van der Waals surface area contributed by atoms with Crippen molar-refractivity contribution in [3.63, 3.8) is 0 Å². The molecule has 2 aromatic heterocycles. The second-order valence-electron chi connectivity index (χ2n) is 5.33. The number of halogens is 3. The molecule has 0 bridgehead atoms. The monoisotopic (exact) mass is 464 g/mol. The molecule has 0 saturated heterocycles. The van der Waals surface area contributed by atoms with Gasteiger partial charge in [0.1, 0.15) is 23.3 Å². The van der Waals surface area contributed by atoms with Crippen LogP contribution in [0.4, 0.5) is 0 Å². The predicted octanol–water partition coefficient (Wildman–Crippen LogP) is 3.09. The second-order valence-corrected chi connectivity index (χ2v) is 9.38. The topological polar surface area (TPSA) is 147 Å². The zero-order chi connectivity index (χ0) is 22.2. The van der Waals surface area contributed by atoms with E-state index in [-0.39, 0.29) is 22.2 Å². The summed E-state index contributed by atoms with van der Waals surface area (Å²) in [6.07, 6.45) is 0. The normalized spacial score (nSPS) is 9.75. The zero-order valence-corrected chi connectivity index (χ0v) is 18.2. The highest BCUT2D eigenvalue weighted by atomic mass is 36.0. The molecule has 0 aliphatic rings. The number of aromatic amines is 2. The van der Waals surface area contributed by atoms with Crippen molar-refractivity contribution in [2.45, 2.75) is 27.7 Å². The number of pyridine rings is 2. The van der Waals surface area contributed by atoms with E-state index in [1.807, 2.05) is 6.07 Å². The Morgan fingerprint density at radius 1 is 0.929 bits per heavy atom. The Morgan fingerprint density at radius 3 is 1.75 bits per heavy atom. The number of hydrogen-bond donors (Lipinski definition) is 2. The molecule has 0 spiro atoms. The van der Waals surface area contributed by atoms with E-state index in [1.165, 1.54) is 0 Å². The largest absolute Gasteiger partial charge is 0.325 e. The maximum absolute atomic E-state index is 11.1. The summed E-state index contributed by atoms with van der Waals surface area (Å²) >= 11 is 5.81. The van der Waals surface area contributed by atoms with Gasteiger partial charge in [0.25, 0.3) is 11.1 Å². The van der Waals surface area contributed by atoms with Crippen LogP contribution in [-0.2, 0) is 8.26 Å². The average Bonchev–Trinajstić information content (AvgIpc) is 2.52. The van der Waals surface area contributed by atoms with Gasteiger partial charge in [-0.2, -0.15) is 18.9 Å². The Balaban J connectivity index is 0.000000424. The third-order valence-electron chi connectivity index (χ3n) is 3.15. The Bertz CT molecular complexity index is 1160. The van der Waals surface area contributed by atoms with Gasteiger partial charge in [-0.3, -0.25) is 9.59 Å². The van der Waals surface area contributed by atoms with Crippen LogP contribution in [0.3, 0.4) is 0 Å². The molecule has 0 unspecified atom stereocenters. The van der Waals surface area contributed by atoms with Crippen LogP contribution in [-0.4, -0.2) is 18.4 Å². The van der Waals surface area contributed by atoms with Crippen LogP contribution < -0.4 is 11.1 Å². The van der Waals surface area contributed by atoms with Crippen molar-refractivity contribution in [1.82, 2.24) is 9.97 Å². The van der Waals surface area contributed by atoms with Gasteiger partial charge >= 0.3 is 8.26 Å². The van der Waals surface area contributed by atoms with E-state index in [2.05, 4.69) is 31.3 Å². The highest BCUT2D eigenvalue weighted by Crippen LogP contribution is 2.17. The molecule has 8 nitrogen and oxygen atoms in total. The van der Waals surface area contributed by atoms with E-state index in [9.17, 15) is 9.59 Å². The van der Waals surface area contributed by atoms with Crippen molar-refractivity contribution in [1.29, 1.82) is 10.5 Å². The molecule has 0 aliphatic carbocycles. The first kappa shape index (κ1) is 25.7. The molecule has 0 aliphatic heterocycles. The van der Waals surface area contributed by atoms with Crippen LogP contribution >= 0.6 is 33.0 Å². The first-order chi connectivity index (χ1) is 12.7. The van der Waals surface area contributed by atoms with Crippen molar-refractivity contribution in [3.8, 4) is 12.1 Å². The molecule has 0 fully saturated rings. The number of nitrogens with one attached hydrogen (secondary N) is 2. The van der Waals surface area contributed by atoms with Gasteiger partial charge in [0.2, 0.25) is 0 Å². The summed E-state index contributed by atoms with van der Waals surface area (Å²) in [6, 6.07) is 5.43. The maximum Gasteiger partial charge on any atom is 0.317 e. The highest BCUT2D eigenvalue weighted by molar-refractivity contribution is 8.31. The Labute approximate surface area is 175 Å². The minimum atomic E-state index is -3.72. The third-order valence-corrected chi connectivity index (χ3v) is 3.72. The summed E-state index contributed by atoms with van der Waals surface area (Å²) in [5, 5.41) is 17.6. The summed E-state index contributed by atoms with van der Waals surface area (Å²) in [6.45, 7) is 6.89. The van der Waals surface area contributed by atoms with Crippen LogP contribution in [0.15, 0.2) is 15.7 Å². The highest BCUT2D eigenvalue weighted by Gasteiger charge is 2.09. The second kappa shape index (κ2) is 10.9. The summed E-state index contributed by atoms with van der Waals surface area (Å²) < 4.78 is 18.3. The van der Waals surface area contributed by atoms with Crippen LogP contribution in [0.25, 0.3) is 0 Å². The number of hydrogen-bond acceptors (Lipinski definition) is 6. The van der Waals surface area contributed by atoms with Gasteiger partial charge in [0, 0.05) is 32.8 Å². The molecule has 2 N–H and O–H groups in total. The van der Waals surface area contributed by atoms with E-state index < -0.39 is 8.26 Å². The summed E-state index contributed by atoms with van der Waals surface area (Å²) in [5.41, 5.74) is 2.27. The van der Waals surface area contributed by atoms with Gasteiger partial charge in [-0.05, 0) is 44.9 Å². The van der Waals surface area contributed by atoms with E-state index >= 15 is 0 Å². The summed E-state index contributed by atoms with van der Waals surface area (Å²) in [5.74, 6) is 0. The molecule has 0 radical (unpaired) electrons. The van der Waals surface area contributed by atoms with Crippen LogP contribution in [0, 0.1) is 50.4 Å². The van der Waals surface area contributed by atoms with E-state index in [0.29, 0.717) is 16.3 Å². The van der Waals surface area contributed by atoms with Crippen molar-refractivity contribution in [2.24, 2.45) is 0 Å². The quantitative estimate of drug-likeness (QED) is 0.571. The molecule has 150 valence electrons. The minimum Gasteiger partial charge on any atom is -0.325 e. The molecular weight excluding hydrogens is 451 g/mol. The third kappa shape index (κ3) is 8.59. The lowest BCUT2D eigenvalue weighted by atomic mass is 10.1. The first-order valence-corrected chi connectivity index (χ1v) is 10.8. The number of aryl methyl sites for hydroxylation is 3. The lowest BCUT2D eigenvalue weighted by Crippen LogP contribution is -2.13. The Morgan fingerprint density at radius 2 is 1.36 bits per heavy atom. The van der Waals surface area contributed by atoms with Gasteiger partial charge in [-0.15, -0.1) is 0 Å². The molecule has 12 heteroatoms. The fourth-order valence-electron chi connectivity index (χ4n) is 1.98. The summed E-state index contributed by atoms with van der Waals surface area (Å²) in [4.78, 5) is 27.2. The van der Waals surface area contributed by atoms with Crippen LogP contribution in [0.5, 0.6) is 0 Å². The van der Waals surface area contributed by atoms with E-state index in [4.69, 9.17) is 30.5 Å². The zero-order valence-electron chi connectivity index (χ0n) is 15.1. The number of aromatic nitrogens is 2. The number of nitrogens with zero attached hydrogens (tertiary/aromatic N) is 2. The van der Waals surface area contributed by atoms with Crippen LogP contribution in [0.2, 0.25) is 5.02 Å². The molecule has 2 rings (SSSR count). The SMILES string of the molecule is Cc1[nH]c(=O)c(C#N)c(C)c1Cl.Cc1cc(C)c(C#N)c(=O)[nH]1.O=S(=O)(Cl)Cl. The van der Waals surface area contributed by atoms with Gasteiger partial charge < -0.3 is 9.97 Å². The fraction of sp³-hybridized carbons (Fsp3) is 0.250. The molecule has 0 amide bonds. The molecular formula is C16H15Cl3N4O4S. The molecule has 28 heavy (non-hydrogen) atoms. The Kier molecular flexibility index (Phi) is 9.99.